The first-order valence-electron chi connectivity index (χ1n) is 7.07. The first-order chi connectivity index (χ1) is 11.1. The molecule has 5 heteroatoms. The predicted molar refractivity (Wildman–Crippen MR) is 89.9 cm³/mol. The maximum atomic E-state index is 12.6. The number of aromatic amines is 1. The number of fused-ring (bicyclic) bond motifs is 2. The average molecular weight is 323 g/mol. The number of nitrogens with one attached hydrogen (secondary N) is 2. The number of hydrogen-bond acceptors (Lipinski definition) is 3. The molecule has 0 amide bonds. The molecule has 3 aromatic rings. The molecule has 0 fully saturated rings. The van der Waals surface area contributed by atoms with E-state index >= 15 is 0 Å². The molecule has 4 rings (SSSR count). The Morgan fingerprint density at radius 1 is 0.913 bits per heavy atom. The van der Waals surface area contributed by atoms with Gasteiger partial charge in [-0.15, -0.1) is 0 Å². The molecule has 1 aliphatic rings. The van der Waals surface area contributed by atoms with Gasteiger partial charge in [0.25, 0.3) is 0 Å². The Balaban J connectivity index is 1.77. The lowest BCUT2D eigenvalue weighted by molar-refractivity contribution is 0.0982. The Morgan fingerprint density at radius 2 is 1.65 bits per heavy atom. The van der Waals surface area contributed by atoms with Crippen molar-refractivity contribution in [2.45, 2.75) is 0 Å². The van der Waals surface area contributed by atoms with Crippen LogP contribution in [0.15, 0.2) is 65.5 Å². The molecule has 1 heterocycles. The summed E-state index contributed by atoms with van der Waals surface area (Å²) in [6.07, 6.45) is 1.84. The van der Waals surface area contributed by atoms with Crippen LogP contribution in [0.3, 0.4) is 0 Å². The summed E-state index contributed by atoms with van der Waals surface area (Å²) in [6.45, 7) is 0. The molecule has 0 saturated carbocycles. The summed E-state index contributed by atoms with van der Waals surface area (Å²) >= 11 is 6.14. The highest BCUT2D eigenvalue weighted by atomic mass is 35.5. The van der Waals surface area contributed by atoms with Crippen molar-refractivity contribution in [1.82, 2.24) is 4.98 Å². The van der Waals surface area contributed by atoms with E-state index in [0.29, 0.717) is 16.8 Å². The molecular weight excluding hydrogens is 312 g/mol. The van der Waals surface area contributed by atoms with Crippen LogP contribution in [0.4, 0.5) is 5.69 Å². The first kappa shape index (κ1) is 13.8. The molecule has 0 bridgehead atoms. The van der Waals surface area contributed by atoms with Crippen LogP contribution in [-0.2, 0) is 0 Å². The third-order valence-electron chi connectivity index (χ3n) is 3.89. The van der Waals surface area contributed by atoms with Crippen molar-refractivity contribution in [3.8, 4) is 0 Å². The number of allylic oxidation sites excluding steroid dienone is 2. The van der Waals surface area contributed by atoms with Gasteiger partial charge in [-0.3, -0.25) is 9.59 Å². The molecule has 1 aliphatic carbocycles. The van der Waals surface area contributed by atoms with Gasteiger partial charge >= 0.3 is 0 Å². The average Bonchev–Trinajstić information content (AvgIpc) is 3.04. The molecule has 112 valence electrons. The van der Waals surface area contributed by atoms with Crippen LogP contribution in [-0.4, -0.2) is 16.6 Å². The maximum Gasteiger partial charge on any atom is 0.211 e. The number of rotatable bonds is 2. The number of Topliss-reactive ketones (excluding diaryl/α,β-unsaturated/α-hetero) is 2. The maximum absolute atomic E-state index is 12.6. The summed E-state index contributed by atoms with van der Waals surface area (Å²) < 4.78 is 0. The molecule has 0 spiro atoms. The summed E-state index contributed by atoms with van der Waals surface area (Å²) in [5.41, 5.74) is 2.44. The zero-order valence-electron chi connectivity index (χ0n) is 11.9. The van der Waals surface area contributed by atoms with Gasteiger partial charge in [-0.05, 0) is 23.6 Å². The Kier molecular flexibility index (Phi) is 3.06. The molecule has 0 aliphatic heterocycles. The van der Waals surface area contributed by atoms with Crippen LogP contribution in [0.2, 0.25) is 0 Å². The van der Waals surface area contributed by atoms with Crippen LogP contribution >= 0.6 is 11.6 Å². The van der Waals surface area contributed by atoms with Crippen molar-refractivity contribution in [3.63, 3.8) is 0 Å². The fourth-order valence-corrected chi connectivity index (χ4v) is 2.96. The smallest absolute Gasteiger partial charge is 0.211 e. The number of benzene rings is 2. The molecule has 4 nitrogen and oxygen atoms in total. The second-order valence-corrected chi connectivity index (χ2v) is 5.68. The van der Waals surface area contributed by atoms with E-state index in [0.717, 1.165) is 10.9 Å². The zero-order chi connectivity index (χ0) is 16.0. The van der Waals surface area contributed by atoms with Gasteiger partial charge in [0.1, 0.15) is 10.7 Å². The standard InChI is InChI=1S/C18H11ClN2O2/c19-15-16(18(23)13-4-2-1-3-12(13)17(15)22)21-11-6-5-10-7-8-20-14(10)9-11/h1-9,20-21H. The Hall–Kier alpha value is -2.85. The number of carbonyl (C=O) groups excluding carboxylic acids is 2. The first-order valence-corrected chi connectivity index (χ1v) is 7.45. The van der Waals surface area contributed by atoms with E-state index < -0.39 is 0 Å². The minimum Gasteiger partial charge on any atom is -0.361 e. The number of H-pyrrole nitrogens is 1. The highest BCUT2D eigenvalue weighted by molar-refractivity contribution is 6.50. The van der Waals surface area contributed by atoms with Gasteiger partial charge in [-0.2, -0.15) is 0 Å². The molecule has 2 N–H and O–H groups in total. The summed E-state index contributed by atoms with van der Waals surface area (Å²) in [6, 6.07) is 14.3. The van der Waals surface area contributed by atoms with Crippen LogP contribution in [0.5, 0.6) is 0 Å². The second kappa shape index (κ2) is 5.11. The van der Waals surface area contributed by atoms with Gasteiger partial charge < -0.3 is 10.3 Å². The number of carbonyl (C=O) groups is 2. The molecule has 0 saturated heterocycles. The van der Waals surface area contributed by atoms with Crippen molar-refractivity contribution < 1.29 is 9.59 Å². The molecule has 23 heavy (non-hydrogen) atoms. The Labute approximate surface area is 136 Å². The normalized spacial score (nSPS) is 14.3. The SMILES string of the molecule is O=C1C(Cl)=C(Nc2ccc3cc[nH]c3c2)C(=O)c2ccccc21. The van der Waals surface area contributed by atoms with Crippen LogP contribution in [0.25, 0.3) is 10.9 Å². The zero-order valence-corrected chi connectivity index (χ0v) is 12.6. The molecule has 0 atom stereocenters. The lowest BCUT2D eigenvalue weighted by atomic mass is 9.92. The van der Waals surface area contributed by atoms with E-state index in [1.54, 1.807) is 24.3 Å². The topological polar surface area (TPSA) is 62.0 Å². The fourth-order valence-electron chi connectivity index (χ4n) is 2.73. The van der Waals surface area contributed by atoms with E-state index in [2.05, 4.69) is 10.3 Å². The molecule has 0 radical (unpaired) electrons. The summed E-state index contributed by atoms with van der Waals surface area (Å²) in [7, 11) is 0. The van der Waals surface area contributed by atoms with E-state index in [9.17, 15) is 9.59 Å². The van der Waals surface area contributed by atoms with Crippen molar-refractivity contribution in [2.75, 3.05) is 5.32 Å². The monoisotopic (exact) mass is 322 g/mol. The molecule has 0 unspecified atom stereocenters. The van der Waals surface area contributed by atoms with Crippen molar-refractivity contribution in [3.05, 3.63) is 76.6 Å². The second-order valence-electron chi connectivity index (χ2n) is 5.30. The third-order valence-corrected chi connectivity index (χ3v) is 4.25. The van der Waals surface area contributed by atoms with Gasteiger partial charge in [-0.1, -0.05) is 41.9 Å². The Morgan fingerprint density at radius 3 is 2.43 bits per heavy atom. The molecular formula is C18H11ClN2O2. The van der Waals surface area contributed by atoms with Crippen molar-refractivity contribution in [1.29, 1.82) is 0 Å². The summed E-state index contributed by atoms with van der Waals surface area (Å²) in [5, 5.41) is 3.97. The Bertz CT molecular complexity index is 1000. The molecule has 1 aromatic heterocycles. The number of anilines is 1. The van der Waals surface area contributed by atoms with Crippen molar-refractivity contribution in [2.24, 2.45) is 0 Å². The largest absolute Gasteiger partial charge is 0.361 e. The number of hydrogen-bond donors (Lipinski definition) is 2. The van der Waals surface area contributed by atoms with Crippen LogP contribution in [0.1, 0.15) is 20.7 Å². The van der Waals surface area contributed by atoms with E-state index in [1.807, 2.05) is 30.5 Å². The molecule has 2 aromatic carbocycles. The van der Waals surface area contributed by atoms with E-state index in [4.69, 9.17) is 11.6 Å². The van der Waals surface area contributed by atoms with Gasteiger partial charge in [-0.25, -0.2) is 0 Å². The lowest BCUT2D eigenvalue weighted by Gasteiger charge is -2.18. The van der Waals surface area contributed by atoms with E-state index in [1.165, 1.54) is 0 Å². The summed E-state index contributed by atoms with van der Waals surface area (Å²) in [5.74, 6) is -0.623. The minimum absolute atomic E-state index is 0.0831. The predicted octanol–water partition coefficient (Wildman–Crippen LogP) is 4.11. The third kappa shape index (κ3) is 2.15. The number of aromatic nitrogens is 1. The van der Waals surface area contributed by atoms with Gasteiger partial charge in [0, 0.05) is 28.5 Å². The highest BCUT2D eigenvalue weighted by Crippen LogP contribution is 2.30. The van der Waals surface area contributed by atoms with Crippen LogP contribution < -0.4 is 5.32 Å². The number of halogens is 1. The van der Waals surface area contributed by atoms with Crippen LogP contribution in [0, 0.1) is 0 Å². The fraction of sp³-hybridized carbons (Fsp3) is 0. The van der Waals surface area contributed by atoms with Gasteiger partial charge in [0.05, 0.1) is 0 Å². The highest BCUT2D eigenvalue weighted by Gasteiger charge is 2.31. The minimum atomic E-state index is -0.342. The number of ketones is 2. The van der Waals surface area contributed by atoms with Gasteiger partial charge in [0.15, 0.2) is 0 Å². The summed E-state index contributed by atoms with van der Waals surface area (Å²) in [4.78, 5) is 28.1. The lowest BCUT2D eigenvalue weighted by Crippen LogP contribution is -2.24. The quantitative estimate of drug-likeness (QED) is 0.746. The van der Waals surface area contributed by atoms with E-state index in [-0.39, 0.29) is 22.3 Å². The van der Waals surface area contributed by atoms with Gasteiger partial charge in [0.2, 0.25) is 11.6 Å². The van der Waals surface area contributed by atoms with Crippen molar-refractivity contribution >= 4 is 39.8 Å².